The number of rotatable bonds is 3. The maximum absolute atomic E-state index is 13.4. The molecule has 3 aromatic rings. The minimum atomic E-state index is -0.978. The molecule has 2 fully saturated rings. The van der Waals surface area contributed by atoms with Crippen molar-refractivity contribution in [1.29, 1.82) is 0 Å². The molecule has 3 atom stereocenters. The lowest BCUT2D eigenvalue weighted by atomic mass is 9.93. The second-order valence-corrected chi connectivity index (χ2v) is 7.35. The highest BCUT2D eigenvalue weighted by molar-refractivity contribution is 6.23. The normalized spacial score (nSPS) is 23.2. The van der Waals surface area contributed by atoms with Crippen molar-refractivity contribution in [3.8, 4) is 0 Å². The number of imide groups is 1. The van der Waals surface area contributed by atoms with Gasteiger partial charge >= 0.3 is 0 Å². The van der Waals surface area contributed by atoms with Gasteiger partial charge in [0.25, 0.3) is 5.91 Å². The third-order valence-corrected chi connectivity index (χ3v) is 5.54. The average molecular weight is 403 g/mol. The Bertz CT molecular complexity index is 1120. The third kappa shape index (κ3) is 2.78. The van der Waals surface area contributed by atoms with E-state index in [1.54, 1.807) is 17.3 Å². The first-order valence-electron chi connectivity index (χ1n) is 9.62. The molecule has 2 aliphatic rings. The van der Waals surface area contributed by atoms with Gasteiger partial charge in [-0.15, -0.1) is 0 Å². The Kier molecular flexibility index (Phi) is 4.33. The zero-order valence-corrected chi connectivity index (χ0v) is 16.1. The predicted molar refractivity (Wildman–Crippen MR) is 108 cm³/mol. The number of pyridine rings is 1. The lowest BCUT2D eigenvalue weighted by Gasteiger charge is -2.29. The fourth-order valence-corrected chi connectivity index (χ4v) is 4.13. The van der Waals surface area contributed by atoms with E-state index in [9.17, 15) is 14.0 Å². The highest BCUT2D eigenvalue weighted by Crippen LogP contribution is 2.47. The van der Waals surface area contributed by atoms with Gasteiger partial charge in [0.15, 0.2) is 6.10 Å². The summed E-state index contributed by atoms with van der Waals surface area (Å²) in [4.78, 5) is 38.2. The lowest BCUT2D eigenvalue weighted by molar-refractivity contribution is -0.126. The maximum Gasteiger partial charge on any atom is 0.266 e. The largest absolute Gasteiger partial charge is 0.273 e. The molecule has 2 aliphatic heterocycles. The molecule has 30 heavy (non-hydrogen) atoms. The molecular weight excluding hydrogens is 385 g/mol. The molecule has 6 nitrogen and oxygen atoms in total. The van der Waals surface area contributed by atoms with Gasteiger partial charge in [-0.2, -0.15) is 0 Å². The number of aromatic nitrogens is 1. The number of anilines is 2. The summed E-state index contributed by atoms with van der Waals surface area (Å²) in [5, 5.41) is 1.63. The first kappa shape index (κ1) is 18.4. The van der Waals surface area contributed by atoms with E-state index in [-0.39, 0.29) is 5.91 Å². The first-order valence-corrected chi connectivity index (χ1v) is 9.62. The van der Waals surface area contributed by atoms with Gasteiger partial charge in [-0.05, 0) is 55.0 Å². The van der Waals surface area contributed by atoms with Gasteiger partial charge in [0.05, 0.1) is 17.1 Å². The molecular formula is C23H18FN3O3. The molecule has 7 heteroatoms. The number of para-hydroxylation sites is 1. The Hall–Kier alpha value is -3.58. The molecule has 2 aromatic carbocycles. The van der Waals surface area contributed by atoms with Crippen LogP contribution in [0.5, 0.6) is 0 Å². The summed E-state index contributed by atoms with van der Waals surface area (Å²) in [5.41, 5.74) is 2.69. The smallest absolute Gasteiger partial charge is 0.266 e. The molecule has 3 heterocycles. The third-order valence-electron chi connectivity index (χ3n) is 5.54. The molecule has 0 N–H and O–H groups in total. The Balaban J connectivity index is 1.59. The summed E-state index contributed by atoms with van der Waals surface area (Å²) in [6.07, 6.45) is 0.673. The summed E-state index contributed by atoms with van der Waals surface area (Å²) < 4.78 is 13.3. The zero-order valence-electron chi connectivity index (χ0n) is 16.1. The van der Waals surface area contributed by atoms with Crippen molar-refractivity contribution < 1.29 is 18.8 Å². The maximum atomic E-state index is 13.4. The number of nitrogens with zero attached hydrogens (tertiary/aromatic N) is 3. The van der Waals surface area contributed by atoms with E-state index in [4.69, 9.17) is 4.84 Å². The van der Waals surface area contributed by atoms with E-state index in [2.05, 4.69) is 4.98 Å². The van der Waals surface area contributed by atoms with Gasteiger partial charge in [0.2, 0.25) is 5.91 Å². The van der Waals surface area contributed by atoms with E-state index < -0.39 is 29.8 Å². The van der Waals surface area contributed by atoms with Crippen molar-refractivity contribution in [2.24, 2.45) is 5.92 Å². The SMILES string of the molecule is Cc1ccccc1N1O[C@H]2C(=O)N(c3ccc(F)cc3)C(=O)[C@@H]2[C@@H]1c1ccccn1. The summed E-state index contributed by atoms with van der Waals surface area (Å²) in [5.74, 6) is -2.06. The van der Waals surface area contributed by atoms with Crippen LogP contribution < -0.4 is 9.96 Å². The van der Waals surface area contributed by atoms with Crippen LogP contribution >= 0.6 is 0 Å². The standard InChI is InChI=1S/C23H18FN3O3/c1-14-6-2-3-8-18(14)27-20(17-7-4-5-13-25-17)19-21(30-27)23(29)26(22(19)28)16-11-9-15(24)10-12-16/h2-13,19-21H,1H3/t19-,20+,21-/m1/s1. The summed E-state index contributed by atoms with van der Waals surface area (Å²) in [7, 11) is 0. The number of aryl methyl sites for hydroxylation is 1. The van der Waals surface area contributed by atoms with Crippen LogP contribution in [0.4, 0.5) is 15.8 Å². The van der Waals surface area contributed by atoms with Crippen molar-refractivity contribution in [2.75, 3.05) is 9.96 Å². The number of carbonyl (C=O) groups excluding carboxylic acids is 2. The van der Waals surface area contributed by atoms with Crippen molar-refractivity contribution >= 4 is 23.2 Å². The Morgan fingerprint density at radius 1 is 0.933 bits per heavy atom. The van der Waals surface area contributed by atoms with Crippen molar-refractivity contribution in [1.82, 2.24) is 4.98 Å². The second-order valence-electron chi connectivity index (χ2n) is 7.35. The number of fused-ring (bicyclic) bond motifs is 1. The van der Waals surface area contributed by atoms with Gasteiger partial charge in [-0.25, -0.2) is 14.4 Å². The molecule has 0 spiro atoms. The minimum absolute atomic E-state index is 0.326. The van der Waals surface area contributed by atoms with Crippen LogP contribution in [0.15, 0.2) is 72.9 Å². The molecule has 2 amide bonds. The number of carbonyl (C=O) groups is 2. The number of amides is 2. The highest BCUT2D eigenvalue weighted by Gasteiger charge is 2.60. The fraction of sp³-hybridized carbons (Fsp3) is 0.174. The van der Waals surface area contributed by atoms with Crippen LogP contribution in [-0.2, 0) is 14.4 Å². The molecule has 150 valence electrons. The number of benzene rings is 2. The zero-order chi connectivity index (χ0) is 20.8. The van der Waals surface area contributed by atoms with Crippen molar-refractivity contribution in [3.05, 3.63) is 90.0 Å². The lowest BCUT2D eigenvalue weighted by Crippen LogP contribution is -2.37. The Labute approximate surface area is 172 Å². The van der Waals surface area contributed by atoms with Crippen molar-refractivity contribution in [2.45, 2.75) is 19.1 Å². The summed E-state index contributed by atoms with van der Waals surface area (Å²) in [6.45, 7) is 1.94. The molecule has 0 radical (unpaired) electrons. The Morgan fingerprint density at radius 2 is 1.67 bits per heavy atom. The van der Waals surface area contributed by atoms with Gasteiger partial charge < -0.3 is 0 Å². The molecule has 2 saturated heterocycles. The first-order chi connectivity index (χ1) is 14.6. The topological polar surface area (TPSA) is 62.7 Å². The number of halogens is 1. The summed E-state index contributed by atoms with van der Waals surface area (Å²) in [6, 6.07) is 17.8. The number of hydrogen-bond acceptors (Lipinski definition) is 5. The van der Waals surface area contributed by atoms with E-state index >= 15 is 0 Å². The van der Waals surface area contributed by atoms with Crippen LogP contribution in [0.2, 0.25) is 0 Å². The fourth-order valence-electron chi connectivity index (χ4n) is 4.13. The Morgan fingerprint density at radius 3 is 2.37 bits per heavy atom. The van der Waals surface area contributed by atoms with E-state index in [1.807, 2.05) is 43.3 Å². The van der Waals surface area contributed by atoms with E-state index in [1.165, 1.54) is 24.3 Å². The molecule has 0 bridgehead atoms. The van der Waals surface area contributed by atoms with Gasteiger partial charge in [-0.3, -0.25) is 19.4 Å². The van der Waals surface area contributed by atoms with Crippen molar-refractivity contribution in [3.63, 3.8) is 0 Å². The van der Waals surface area contributed by atoms with Crippen LogP contribution in [0.25, 0.3) is 0 Å². The predicted octanol–water partition coefficient (Wildman–Crippen LogP) is 3.58. The summed E-state index contributed by atoms with van der Waals surface area (Å²) >= 11 is 0. The number of hydrogen-bond donors (Lipinski definition) is 0. The van der Waals surface area contributed by atoms with Crippen LogP contribution in [0, 0.1) is 18.7 Å². The van der Waals surface area contributed by atoms with Crippen LogP contribution in [0.3, 0.4) is 0 Å². The molecule has 5 rings (SSSR count). The second kappa shape index (κ2) is 7.03. The molecule has 0 aliphatic carbocycles. The monoisotopic (exact) mass is 403 g/mol. The van der Waals surface area contributed by atoms with Gasteiger partial charge in [0.1, 0.15) is 17.8 Å². The van der Waals surface area contributed by atoms with E-state index in [0.29, 0.717) is 11.4 Å². The molecule has 0 unspecified atom stereocenters. The van der Waals surface area contributed by atoms with Crippen LogP contribution in [-0.4, -0.2) is 22.9 Å². The average Bonchev–Trinajstić information content (AvgIpc) is 3.26. The van der Waals surface area contributed by atoms with Gasteiger partial charge in [0, 0.05) is 6.20 Å². The van der Waals surface area contributed by atoms with E-state index in [0.717, 1.165) is 16.2 Å². The van der Waals surface area contributed by atoms with Crippen LogP contribution in [0.1, 0.15) is 17.3 Å². The molecule has 1 aromatic heterocycles. The highest BCUT2D eigenvalue weighted by atomic mass is 19.1. The van der Waals surface area contributed by atoms with Gasteiger partial charge in [-0.1, -0.05) is 24.3 Å². The molecule has 0 saturated carbocycles. The number of hydroxylamine groups is 1. The minimum Gasteiger partial charge on any atom is -0.273 e. The quantitative estimate of drug-likeness (QED) is 0.626.